The molecular formula is C9H13NS2. The first-order chi connectivity index (χ1) is 5.75. The van der Waals surface area contributed by atoms with Crippen molar-refractivity contribution in [1.29, 1.82) is 0 Å². The molecule has 0 fully saturated rings. The van der Waals surface area contributed by atoms with Crippen LogP contribution in [-0.4, -0.2) is 6.26 Å². The zero-order valence-corrected chi connectivity index (χ0v) is 9.18. The van der Waals surface area contributed by atoms with Crippen molar-refractivity contribution in [3.8, 4) is 0 Å². The minimum absolute atomic E-state index is 1.25. The first-order valence-electron chi connectivity index (χ1n) is 3.77. The predicted octanol–water partition coefficient (Wildman–Crippen LogP) is 3.64. The topological polar surface area (TPSA) is 12.0 Å². The second-order valence-corrected chi connectivity index (χ2v) is 4.82. The summed E-state index contributed by atoms with van der Waals surface area (Å²) in [6.07, 6.45) is 2.06. The number of aryl methyl sites for hydroxylation is 2. The zero-order chi connectivity index (χ0) is 8.97. The number of rotatable bonds is 3. The number of anilines is 1. The second-order valence-electron chi connectivity index (χ2n) is 2.62. The summed E-state index contributed by atoms with van der Waals surface area (Å²) in [6, 6.07) is 6.33. The number of benzene rings is 1. The van der Waals surface area contributed by atoms with Crippen LogP contribution in [0.4, 0.5) is 5.69 Å². The van der Waals surface area contributed by atoms with Crippen molar-refractivity contribution in [3.05, 3.63) is 29.3 Å². The Bertz CT molecular complexity index is 240. The molecule has 0 aliphatic rings. The van der Waals surface area contributed by atoms with Gasteiger partial charge in [-0.15, -0.1) is 0 Å². The van der Waals surface area contributed by atoms with Crippen LogP contribution in [0.2, 0.25) is 0 Å². The van der Waals surface area contributed by atoms with E-state index in [-0.39, 0.29) is 0 Å². The fourth-order valence-corrected chi connectivity index (χ4v) is 2.05. The molecule has 0 aromatic heterocycles. The van der Waals surface area contributed by atoms with Gasteiger partial charge in [-0.3, -0.25) is 0 Å². The Kier molecular flexibility index (Phi) is 3.82. The number of para-hydroxylation sites is 1. The molecule has 0 atom stereocenters. The maximum Gasteiger partial charge on any atom is 0.0506 e. The van der Waals surface area contributed by atoms with Gasteiger partial charge in [0.2, 0.25) is 0 Å². The number of hydrogen-bond acceptors (Lipinski definition) is 3. The first kappa shape index (κ1) is 9.81. The summed E-state index contributed by atoms with van der Waals surface area (Å²) in [4.78, 5) is 0. The predicted molar refractivity (Wildman–Crippen MR) is 60.6 cm³/mol. The molecule has 1 N–H and O–H groups in total. The molecule has 0 saturated carbocycles. The smallest absolute Gasteiger partial charge is 0.0506 e. The molecule has 1 aromatic rings. The summed E-state index contributed by atoms with van der Waals surface area (Å²) < 4.78 is 3.31. The monoisotopic (exact) mass is 199 g/mol. The van der Waals surface area contributed by atoms with Crippen LogP contribution in [0, 0.1) is 13.8 Å². The lowest BCUT2D eigenvalue weighted by Crippen LogP contribution is -1.90. The van der Waals surface area contributed by atoms with Crippen LogP contribution in [-0.2, 0) is 0 Å². The molecule has 66 valence electrons. The summed E-state index contributed by atoms with van der Waals surface area (Å²) in [5.74, 6) is 0. The van der Waals surface area contributed by atoms with Gasteiger partial charge in [0.15, 0.2) is 0 Å². The maximum atomic E-state index is 3.31. The summed E-state index contributed by atoms with van der Waals surface area (Å²) in [5.41, 5.74) is 3.85. The zero-order valence-electron chi connectivity index (χ0n) is 7.55. The van der Waals surface area contributed by atoms with Crippen LogP contribution in [0.25, 0.3) is 0 Å². The molecule has 0 heterocycles. The summed E-state index contributed by atoms with van der Waals surface area (Å²) >= 11 is 0. The molecule has 0 amide bonds. The molecule has 0 bridgehead atoms. The van der Waals surface area contributed by atoms with Crippen LogP contribution in [0.15, 0.2) is 18.2 Å². The SMILES string of the molecule is CSSNc1c(C)cccc1C. The van der Waals surface area contributed by atoms with Gasteiger partial charge in [0.25, 0.3) is 0 Å². The molecule has 1 nitrogen and oxygen atoms in total. The van der Waals surface area contributed by atoms with Crippen LogP contribution in [0.3, 0.4) is 0 Å². The average Bonchev–Trinajstić information content (AvgIpc) is 2.04. The Morgan fingerprint density at radius 1 is 1.17 bits per heavy atom. The molecule has 0 spiro atoms. The van der Waals surface area contributed by atoms with E-state index in [1.54, 1.807) is 21.8 Å². The van der Waals surface area contributed by atoms with Crippen molar-refractivity contribution in [2.75, 3.05) is 11.0 Å². The fraction of sp³-hybridized carbons (Fsp3) is 0.333. The third-order valence-corrected chi connectivity index (χ3v) is 2.91. The number of nitrogens with one attached hydrogen (secondary N) is 1. The quantitative estimate of drug-likeness (QED) is 0.589. The van der Waals surface area contributed by atoms with Crippen LogP contribution in [0.5, 0.6) is 0 Å². The van der Waals surface area contributed by atoms with Crippen molar-refractivity contribution in [1.82, 2.24) is 0 Å². The standard InChI is InChI=1S/C9H13NS2/c1-7-5-4-6-8(2)9(7)10-12-11-3/h4-6,10H,1-3H3. The molecule has 0 aliphatic carbocycles. The van der Waals surface area contributed by atoms with Gasteiger partial charge in [0.05, 0.1) is 5.69 Å². The van der Waals surface area contributed by atoms with E-state index >= 15 is 0 Å². The van der Waals surface area contributed by atoms with Crippen molar-refractivity contribution in [2.45, 2.75) is 13.8 Å². The summed E-state index contributed by atoms with van der Waals surface area (Å²) in [6.45, 7) is 4.24. The molecule has 0 radical (unpaired) electrons. The second kappa shape index (κ2) is 4.67. The first-order valence-corrected chi connectivity index (χ1v) is 6.33. The van der Waals surface area contributed by atoms with E-state index in [1.165, 1.54) is 16.8 Å². The lowest BCUT2D eigenvalue weighted by Gasteiger charge is -2.09. The highest BCUT2D eigenvalue weighted by molar-refractivity contribution is 8.76. The summed E-state index contributed by atoms with van der Waals surface area (Å²) in [7, 11) is 3.38. The van der Waals surface area contributed by atoms with Crippen molar-refractivity contribution in [2.24, 2.45) is 0 Å². The normalized spacial score (nSPS) is 9.92. The van der Waals surface area contributed by atoms with Crippen molar-refractivity contribution in [3.63, 3.8) is 0 Å². The molecule has 0 saturated heterocycles. The van der Waals surface area contributed by atoms with E-state index in [9.17, 15) is 0 Å². The van der Waals surface area contributed by atoms with Gasteiger partial charge >= 0.3 is 0 Å². The lowest BCUT2D eigenvalue weighted by molar-refractivity contribution is 1.39. The van der Waals surface area contributed by atoms with E-state index in [4.69, 9.17) is 0 Å². The molecular weight excluding hydrogens is 186 g/mol. The molecule has 0 unspecified atom stereocenters. The van der Waals surface area contributed by atoms with E-state index in [2.05, 4.69) is 43.0 Å². The summed E-state index contributed by atoms with van der Waals surface area (Å²) in [5, 5.41) is 0. The van der Waals surface area contributed by atoms with Crippen LogP contribution >= 0.6 is 21.8 Å². The van der Waals surface area contributed by atoms with E-state index < -0.39 is 0 Å². The van der Waals surface area contributed by atoms with Gasteiger partial charge in [-0.25, -0.2) is 0 Å². The fourth-order valence-electron chi connectivity index (χ4n) is 1.06. The van der Waals surface area contributed by atoms with E-state index in [0.29, 0.717) is 0 Å². The molecule has 0 aliphatic heterocycles. The third-order valence-electron chi connectivity index (χ3n) is 1.71. The minimum atomic E-state index is 1.25. The highest BCUT2D eigenvalue weighted by Crippen LogP contribution is 2.26. The van der Waals surface area contributed by atoms with Crippen LogP contribution < -0.4 is 4.72 Å². The average molecular weight is 199 g/mol. The van der Waals surface area contributed by atoms with Crippen molar-refractivity contribution < 1.29 is 0 Å². The van der Waals surface area contributed by atoms with Gasteiger partial charge < -0.3 is 4.72 Å². The lowest BCUT2D eigenvalue weighted by atomic mass is 10.1. The highest BCUT2D eigenvalue weighted by Gasteiger charge is 1.99. The molecule has 3 heteroatoms. The Labute approximate surface area is 81.9 Å². The van der Waals surface area contributed by atoms with Gasteiger partial charge in [-0.1, -0.05) is 29.0 Å². The van der Waals surface area contributed by atoms with Gasteiger partial charge in [0.1, 0.15) is 0 Å². The Morgan fingerprint density at radius 2 is 1.75 bits per heavy atom. The molecule has 12 heavy (non-hydrogen) atoms. The van der Waals surface area contributed by atoms with Gasteiger partial charge in [-0.05, 0) is 31.2 Å². The minimum Gasteiger partial charge on any atom is -0.320 e. The Balaban J connectivity index is 2.81. The Hall–Kier alpha value is -0.280. The van der Waals surface area contributed by atoms with Crippen LogP contribution in [0.1, 0.15) is 11.1 Å². The third kappa shape index (κ3) is 2.35. The van der Waals surface area contributed by atoms with Gasteiger partial charge in [-0.2, -0.15) is 0 Å². The maximum absolute atomic E-state index is 3.31. The van der Waals surface area contributed by atoms with E-state index in [1.807, 2.05) is 0 Å². The van der Waals surface area contributed by atoms with E-state index in [0.717, 1.165) is 0 Å². The number of hydrogen-bond donors (Lipinski definition) is 1. The molecule has 1 aromatic carbocycles. The van der Waals surface area contributed by atoms with Gasteiger partial charge in [0, 0.05) is 11.0 Å². The Morgan fingerprint density at radius 3 is 2.25 bits per heavy atom. The highest BCUT2D eigenvalue weighted by atomic mass is 33.1. The van der Waals surface area contributed by atoms with Crippen molar-refractivity contribution >= 4 is 27.5 Å². The largest absolute Gasteiger partial charge is 0.320 e. The molecule has 1 rings (SSSR count).